The molecule has 0 heterocycles. The quantitative estimate of drug-likeness (QED) is 0.797. The topological polar surface area (TPSA) is 23.5 Å². The van der Waals surface area contributed by atoms with Gasteiger partial charge in [-0.15, -0.1) is 0 Å². The first-order valence-electron chi connectivity index (χ1n) is 4.80. The van der Waals surface area contributed by atoms with Gasteiger partial charge in [-0.05, 0) is 19.1 Å². The third-order valence-electron chi connectivity index (χ3n) is 2.17. The van der Waals surface area contributed by atoms with Crippen LogP contribution in [-0.2, 0) is 6.61 Å². The van der Waals surface area contributed by atoms with Crippen LogP contribution in [0.15, 0.2) is 30.4 Å². The van der Waals surface area contributed by atoms with Crippen molar-refractivity contribution >= 4 is 17.3 Å². The molecule has 1 aromatic carbocycles. The van der Waals surface area contributed by atoms with Gasteiger partial charge in [0.2, 0.25) is 0 Å². The highest BCUT2D eigenvalue weighted by Crippen LogP contribution is 2.27. The van der Waals surface area contributed by atoms with Gasteiger partial charge in [-0.1, -0.05) is 29.8 Å². The molecule has 0 unspecified atom stereocenters. The lowest BCUT2D eigenvalue weighted by Crippen LogP contribution is -2.20. The normalized spacial score (nSPS) is 10.1. The van der Waals surface area contributed by atoms with Gasteiger partial charge in [-0.25, -0.2) is 0 Å². The summed E-state index contributed by atoms with van der Waals surface area (Å²) in [6, 6.07) is 5.61. The van der Waals surface area contributed by atoms with Gasteiger partial charge in [0, 0.05) is 29.9 Å². The highest BCUT2D eigenvalue weighted by atomic mass is 35.5. The summed E-state index contributed by atoms with van der Waals surface area (Å²) in [4.78, 5) is 2.03. The lowest BCUT2D eigenvalue weighted by Gasteiger charge is -2.22. The number of benzene rings is 1. The Morgan fingerprint density at radius 1 is 1.53 bits per heavy atom. The molecule has 1 aromatic rings. The number of anilines is 1. The Morgan fingerprint density at radius 3 is 2.73 bits per heavy atom. The zero-order valence-electron chi connectivity index (χ0n) is 9.13. The summed E-state index contributed by atoms with van der Waals surface area (Å²) < 4.78 is 0. The number of hydrogen-bond donors (Lipinski definition) is 1. The number of nitrogens with zero attached hydrogens (tertiary/aromatic N) is 1. The van der Waals surface area contributed by atoms with Crippen molar-refractivity contribution < 1.29 is 5.11 Å². The largest absolute Gasteiger partial charge is 0.392 e. The van der Waals surface area contributed by atoms with Crippen LogP contribution in [0.1, 0.15) is 12.5 Å². The van der Waals surface area contributed by atoms with Crippen molar-refractivity contribution in [3.8, 4) is 0 Å². The smallest absolute Gasteiger partial charge is 0.0716 e. The van der Waals surface area contributed by atoms with Crippen molar-refractivity contribution in [2.45, 2.75) is 13.5 Å². The fraction of sp³-hybridized carbons (Fsp3) is 0.333. The molecule has 15 heavy (non-hydrogen) atoms. The molecule has 1 N–H and O–H groups in total. The summed E-state index contributed by atoms with van der Waals surface area (Å²) in [6.07, 6.45) is 0. The van der Waals surface area contributed by atoms with E-state index in [9.17, 15) is 5.11 Å². The second-order valence-electron chi connectivity index (χ2n) is 3.71. The first kappa shape index (κ1) is 12.1. The van der Waals surface area contributed by atoms with E-state index in [-0.39, 0.29) is 6.61 Å². The van der Waals surface area contributed by atoms with Crippen LogP contribution in [0.2, 0.25) is 5.02 Å². The molecule has 0 amide bonds. The van der Waals surface area contributed by atoms with E-state index in [0.29, 0.717) is 5.02 Å². The predicted molar refractivity (Wildman–Crippen MR) is 65.5 cm³/mol. The van der Waals surface area contributed by atoms with Gasteiger partial charge in [0.15, 0.2) is 0 Å². The maximum atomic E-state index is 9.25. The van der Waals surface area contributed by atoms with Crippen LogP contribution < -0.4 is 4.90 Å². The first-order valence-corrected chi connectivity index (χ1v) is 5.17. The molecular weight excluding hydrogens is 210 g/mol. The molecule has 0 spiro atoms. The van der Waals surface area contributed by atoms with E-state index in [0.717, 1.165) is 23.4 Å². The number of halogens is 1. The van der Waals surface area contributed by atoms with Crippen LogP contribution in [-0.4, -0.2) is 18.7 Å². The summed E-state index contributed by atoms with van der Waals surface area (Å²) in [6.45, 7) is 6.54. The van der Waals surface area contributed by atoms with E-state index in [2.05, 4.69) is 6.58 Å². The molecule has 0 fully saturated rings. The first-order chi connectivity index (χ1) is 7.06. The second-order valence-corrected chi connectivity index (χ2v) is 4.12. The summed E-state index contributed by atoms with van der Waals surface area (Å²) in [5.74, 6) is 0. The Labute approximate surface area is 95.8 Å². The van der Waals surface area contributed by atoms with Gasteiger partial charge >= 0.3 is 0 Å². The van der Waals surface area contributed by atoms with Gasteiger partial charge < -0.3 is 10.0 Å². The minimum atomic E-state index is -0.0461. The predicted octanol–water partition coefficient (Wildman–Crippen LogP) is 2.84. The van der Waals surface area contributed by atoms with Crippen LogP contribution in [0.3, 0.4) is 0 Å². The van der Waals surface area contributed by atoms with Crippen LogP contribution in [0.25, 0.3) is 0 Å². The van der Waals surface area contributed by atoms with Crippen molar-refractivity contribution in [2.75, 3.05) is 18.5 Å². The van der Waals surface area contributed by atoms with Crippen LogP contribution in [0.5, 0.6) is 0 Å². The highest BCUT2D eigenvalue weighted by Gasteiger charge is 2.09. The second kappa shape index (κ2) is 5.19. The van der Waals surface area contributed by atoms with Gasteiger partial charge in [-0.3, -0.25) is 0 Å². The molecular formula is C12H16ClNO. The van der Waals surface area contributed by atoms with Gasteiger partial charge in [-0.2, -0.15) is 0 Å². The molecule has 82 valence electrons. The van der Waals surface area contributed by atoms with E-state index >= 15 is 0 Å². The molecule has 0 radical (unpaired) electrons. The molecule has 0 aliphatic heterocycles. The molecule has 2 nitrogen and oxygen atoms in total. The van der Waals surface area contributed by atoms with Crippen molar-refractivity contribution in [1.29, 1.82) is 0 Å². The average Bonchev–Trinajstić information content (AvgIpc) is 2.16. The monoisotopic (exact) mass is 225 g/mol. The van der Waals surface area contributed by atoms with E-state index in [1.165, 1.54) is 0 Å². The standard InChI is InChI=1S/C12H16ClNO/c1-9(2)7-14(3)12-6-4-5-11(13)10(12)8-15/h4-6,15H,1,7-8H2,2-3H3. The summed E-state index contributed by atoms with van der Waals surface area (Å²) in [7, 11) is 1.96. The summed E-state index contributed by atoms with van der Waals surface area (Å²) in [5, 5.41) is 9.85. The minimum Gasteiger partial charge on any atom is -0.392 e. The van der Waals surface area contributed by atoms with E-state index < -0.39 is 0 Å². The fourth-order valence-electron chi connectivity index (χ4n) is 1.55. The Balaban J connectivity index is 3.02. The average molecular weight is 226 g/mol. The highest BCUT2D eigenvalue weighted by molar-refractivity contribution is 6.31. The minimum absolute atomic E-state index is 0.0461. The van der Waals surface area contributed by atoms with Crippen LogP contribution in [0.4, 0.5) is 5.69 Å². The van der Waals surface area contributed by atoms with Gasteiger partial charge in [0.05, 0.1) is 6.61 Å². The summed E-state index contributed by atoms with van der Waals surface area (Å²) >= 11 is 6.00. The lowest BCUT2D eigenvalue weighted by molar-refractivity contribution is 0.282. The molecule has 0 bridgehead atoms. The Morgan fingerprint density at radius 2 is 2.20 bits per heavy atom. The Kier molecular flexibility index (Phi) is 4.18. The lowest BCUT2D eigenvalue weighted by atomic mass is 10.1. The number of aliphatic hydroxyl groups excluding tert-OH is 1. The van der Waals surface area contributed by atoms with E-state index in [4.69, 9.17) is 11.6 Å². The van der Waals surface area contributed by atoms with E-state index in [1.54, 1.807) is 6.07 Å². The van der Waals surface area contributed by atoms with E-state index in [1.807, 2.05) is 31.0 Å². The van der Waals surface area contributed by atoms with Crippen molar-refractivity contribution in [3.63, 3.8) is 0 Å². The van der Waals surface area contributed by atoms with Crippen LogP contribution >= 0.6 is 11.6 Å². The molecule has 1 rings (SSSR count). The van der Waals surface area contributed by atoms with Crippen molar-refractivity contribution in [1.82, 2.24) is 0 Å². The molecule has 0 aromatic heterocycles. The number of rotatable bonds is 4. The van der Waals surface area contributed by atoms with Gasteiger partial charge in [0.25, 0.3) is 0 Å². The van der Waals surface area contributed by atoms with Gasteiger partial charge in [0.1, 0.15) is 0 Å². The third-order valence-corrected chi connectivity index (χ3v) is 2.52. The summed E-state index contributed by atoms with van der Waals surface area (Å²) in [5.41, 5.74) is 2.79. The Hall–Kier alpha value is -0.990. The Bertz CT molecular complexity index is 363. The number of aliphatic hydroxyl groups is 1. The van der Waals surface area contributed by atoms with Crippen molar-refractivity contribution in [2.24, 2.45) is 0 Å². The maximum absolute atomic E-state index is 9.25. The molecule has 0 aliphatic carbocycles. The fourth-order valence-corrected chi connectivity index (χ4v) is 1.78. The van der Waals surface area contributed by atoms with Crippen LogP contribution in [0, 0.1) is 0 Å². The molecule has 0 aliphatic rings. The zero-order chi connectivity index (χ0) is 11.4. The third kappa shape index (κ3) is 2.98. The molecule has 0 saturated heterocycles. The number of likely N-dealkylation sites (N-methyl/N-ethyl adjacent to an activating group) is 1. The molecule has 0 saturated carbocycles. The molecule has 3 heteroatoms. The maximum Gasteiger partial charge on any atom is 0.0716 e. The zero-order valence-corrected chi connectivity index (χ0v) is 9.88. The number of hydrogen-bond acceptors (Lipinski definition) is 2. The van der Waals surface area contributed by atoms with Crippen molar-refractivity contribution in [3.05, 3.63) is 40.9 Å². The SMILES string of the molecule is C=C(C)CN(C)c1cccc(Cl)c1CO. The molecule has 0 atom stereocenters.